The van der Waals surface area contributed by atoms with Crippen LogP contribution in [0.5, 0.6) is 11.5 Å². The molecule has 0 atom stereocenters. The molecule has 1 saturated heterocycles. The van der Waals surface area contributed by atoms with Crippen LogP contribution in [0.3, 0.4) is 0 Å². The van der Waals surface area contributed by atoms with Crippen LogP contribution in [0.2, 0.25) is 0 Å². The van der Waals surface area contributed by atoms with Gasteiger partial charge in [-0.05, 0) is 31.9 Å². The second-order valence-electron chi connectivity index (χ2n) is 7.45. The van der Waals surface area contributed by atoms with E-state index >= 15 is 0 Å². The first-order valence-corrected chi connectivity index (χ1v) is 9.93. The van der Waals surface area contributed by atoms with Crippen LogP contribution in [0.25, 0.3) is 10.9 Å². The van der Waals surface area contributed by atoms with E-state index < -0.39 is 0 Å². The van der Waals surface area contributed by atoms with Crippen LogP contribution in [-0.2, 0) is 7.05 Å². The molecule has 1 amide bonds. The van der Waals surface area contributed by atoms with Crippen molar-refractivity contribution in [3.05, 3.63) is 35.9 Å². The van der Waals surface area contributed by atoms with Gasteiger partial charge in [-0.15, -0.1) is 0 Å². The van der Waals surface area contributed by atoms with Gasteiger partial charge in [-0.2, -0.15) is 5.10 Å². The summed E-state index contributed by atoms with van der Waals surface area (Å²) in [6, 6.07) is 5.69. The number of piperidine rings is 1. The maximum absolute atomic E-state index is 12.5. The molecular weight excluding hydrogens is 384 g/mol. The van der Waals surface area contributed by atoms with Gasteiger partial charge < -0.3 is 19.7 Å². The molecule has 0 saturated carbocycles. The predicted molar refractivity (Wildman–Crippen MR) is 113 cm³/mol. The topological polar surface area (TPSA) is 94.4 Å². The number of ether oxygens (including phenoxy) is 2. The van der Waals surface area contributed by atoms with Crippen LogP contribution in [0.4, 0.5) is 5.82 Å². The Bertz CT molecular complexity index is 1050. The van der Waals surface area contributed by atoms with Crippen molar-refractivity contribution in [3.63, 3.8) is 0 Å². The lowest BCUT2D eigenvalue weighted by Gasteiger charge is -2.33. The average Bonchev–Trinajstić information content (AvgIpc) is 3.11. The van der Waals surface area contributed by atoms with Crippen molar-refractivity contribution in [1.82, 2.24) is 25.1 Å². The number of fused-ring (bicyclic) bond motifs is 1. The highest BCUT2D eigenvalue weighted by molar-refractivity contribution is 5.93. The lowest BCUT2D eigenvalue weighted by atomic mass is 10.0. The molecule has 1 fully saturated rings. The number of nitrogens with one attached hydrogen (secondary N) is 1. The molecule has 9 heteroatoms. The third kappa shape index (κ3) is 3.74. The number of carbonyl (C=O) groups excluding carboxylic acids is 1. The highest BCUT2D eigenvalue weighted by atomic mass is 16.5. The van der Waals surface area contributed by atoms with E-state index in [-0.39, 0.29) is 11.9 Å². The number of aryl methyl sites for hydroxylation is 2. The standard InChI is InChI=1S/C21H26N6O3/c1-13-9-17(25-26(13)2)21(28)24-14-5-7-27(8-6-14)20-15-10-18(29-3)19(30-4)11-16(15)22-12-23-20/h9-12,14H,5-8H2,1-4H3,(H,24,28). The molecule has 158 valence electrons. The maximum Gasteiger partial charge on any atom is 0.272 e. The van der Waals surface area contributed by atoms with Crippen LogP contribution in [0, 0.1) is 6.92 Å². The van der Waals surface area contributed by atoms with E-state index in [1.54, 1.807) is 31.3 Å². The second kappa shape index (κ2) is 8.17. The number of hydrogen-bond donors (Lipinski definition) is 1. The molecule has 9 nitrogen and oxygen atoms in total. The number of carbonyl (C=O) groups is 1. The summed E-state index contributed by atoms with van der Waals surface area (Å²) in [5.74, 6) is 2.03. The Morgan fingerprint density at radius 3 is 2.43 bits per heavy atom. The monoisotopic (exact) mass is 410 g/mol. The van der Waals surface area contributed by atoms with Gasteiger partial charge in [0.2, 0.25) is 0 Å². The molecule has 1 aliphatic heterocycles. The Balaban J connectivity index is 1.47. The SMILES string of the molecule is COc1cc2ncnc(N3CCC(NC(=O)c4cc(C)n(C)n4)CC3)c2cc1OC. The van der Waals surface area contributed by atoms with E-state index in [2.05, 4.69) is 25.3 Å². The van der Waals surface area contributed by atoms with Gasteiger partial charge in [0.1, 0.15) is 17.8 Å². The molecule has 0 spiro atoms. The van der Waals surface area contributed by atoms with E-state index in [4.69, 9.17) is 9.47 Å². The molecule has 3 aromatic rings. The van der Waals surface area contributed by atoms with Gasteiger partial charge in [0.15, 0.2) is 11.5 Å². The summed E-state index contributed by atoms with van der Waals surface area (Å²) in [5, 5.41) is 8.28. The minimum atomic E-state index is -0.124. The number of amides is 1. The summed E-state index contributed by atoms with van der Waals surface area (Å²) < 4.78 is 12.5. The molecule has 0 radical (unpaired) electrons. The number of nitrogens with zero attached hydrogens (tertiary/aromatic N) is 5. The highest BCUT2D eigenvalue weighted by Gasteiger charge is 2.24. The van der Waals surface area contributed by atoms with Crippen molar-refractivity contribution in [2.45, 2.75) is 25.8 Å². The largest absolute Gasteiger partial charge is 0.493 e. The summed E-state index contributed by atoms with van der Waals surface area (Å²) in [7, 11) is 5.06. The zero-order valence-corrected chi connectivity index (χ0v) is 17.7. The Hall–Kier alpha value is -3.36. The number of hydrogen-bond acceptors (Lipinski definition) is 7. The fraction of sp³-hybridized carbons (Fsp3) is 0.429. The third-order valence-electron chi connectivity index (χ3n) is 5.60. The summed E-state index contributed by atoms with van der Waals surface area (Å²) >= 11 is 0. The summed E-state index contributed by atoms with van der Waals surface area (Å²) in [6.07, 6.45) is 3.23. The lowest BCUT2D eigenvalue weighted by molar-refractivity contribution is 0.0925. The van der Waals surface area contributed by atoms with Gasteiger partial charge >= 0.3 is 0 Å². The van der Waals surface area contributed by atoms with Crippen LogP contribution < -0.4 is 19.7 Å². The molecule has 4 rings (SSSR count). The minimum Gasteiger partial charge on any atom is -0.493 e. The van der Waals surface area contributed by atoms with Crippen LogP contribution in [0.15, 0.2) is 24.5 Å². The number of rotatable bonds is 5. The number of methoxy groups -OCH3 is 2. The molecule has 2 aromatic heterocycles. The smallest absolute Gasteiger partial charge is 0.272 e. The van der Waals surface area contributed by atoms with Crippen molar-refractivity contribution in [2.75, 3.05) is 32.2 Å². The van der Waals surface area contributed by atoms with Gasteiger partial charge in [-0.25, -0.2) is 9.97 Å². The first kappa shape index (κ1) is 19.9. The molecule has 30 heavy (non-hydrogen) atoms. The Kier molecular flexibility index (Phi) is 5.43. The maximum atomic E-state index is 12.5. The lowest BCUT2D eigenvalue weighted by Crippen LogP contribution is -2.45. The number of aromatic nitrogens is 4. The third-order valence-corrected chi connectivity index (χ3v) is 5.60. The molecular formula is C21H26N6O3. The van der Waals surface area contributed by atoms with Crippen LogP contribution in [0.1, 0.15) is 29.0 Å². The molecule has 0 bridgehead atoms. The molecule has 1 aromatic carbocycles. The van der Waals surface area contributed by atoms with E-state index in [0.717, 1.165) is 48.3 Å². The number of benzene rings is 1. The van der Waals surface area contributed by atoms with E-state index in [1.165, 1.54) is 0 Å². The van der Waals surface area contributed by atoms with Crippen molar-refractivity contribution in [1.29, 1.82) is 0 Å². The van der Waals surface area contributed by atoms with E-state index in [1.807, 2.05) is 26.1 Å². The molecule has 1 N–H and O–H groups in total. The van der Waals surface area contributed by atoms with E-state index in [0.29, 0.717) is 17.2 Å². The van der Waals surface area contributed by atoms with Gasteiger partial charge in [-0.1, -0.05) is 0 Å². The normalized spacial score (nSPS) is 14.7. The van der Waals surface area contributed by atoms with Gasteiger partial charge in [0.25, 0.3) is 5.91 Å². The van der Waals surface area contributed by atoms with Crippen molar-refractivity contribution in [3.8, 4) is 11.5 Å². The van der Waals surface area contributed by atoms with Crippen molar-refractivity contribution in [2.24, 2.45) is 7.05 Å². The van der Waals surface area contributed by atoms with Gasteiger partial charge in [0.05, 0.1) is 19.7 Å². The molecule has 0 unspecified atom stereocenters. The van der Waals surface area contributed by atoms with E-state index in [9.17, 15) is 4.79 Å². The fourth-order valence-electron chi connectivity index (χ4n) is 3.79. The predicted octanol–water partition coefficient (Wildman–Crippen LogP) is 2.09. The van der Waals surface area contributed by atoms with Crippen LogP contribution >= 0.6 is 0 Å². The Morgan fingerprint density at radius 2 is 1.80 bits per heavy atom. The van der Waals surface area contributed by atoms with Crippen molar-refractivity contribution < 1.29 is 14.3 Å². The van der Waals surface area contributed by atoms with Crippen molar-refractivity contribution >= 4 is 22.6 Å². The van der Waals surface area contributed by atoms with Crippen LogP contribution in [-0.4, -0.2) is 59.0 Å². The highest BCUT2D eigenvalue weighted by Crippen LogP contribution is 2.35. The van der Waals surface area contributed by atoms with Gasteiger partial charge in [-0.3, -0.25) is 9.48 Å². The average molecular weight is 410 g/mol. The Labute approximate surface area is 175 Å². The Morgan fingerprint density at radius 1 is 1.10 bits per heavy atom. The summed E-state index contributed by atoms with van der Waals surface area (Å²) in [5.41, 5.74) is 2.22. The number of anilines is 1. The minimum absolute atomic E-state index is 0.110. The molecule has 1 aliphatic rings. The molecule has 0 aliphatic carbocycles. The zero-order chi connectivity index (χ0) is 21.3. The van der Waals surface area contributed by atoms with Gasteiger partial charge in [0, 0.05) is 43.3 Å². The first-order valence-electron chi connectivity index (χ1n) is 9.93. The first-order chi connectivity index (χ1) is 14.5. The zero-order valence-electron chi connectivity index (χ0n) is 17.7. The summed E-state index contributed by atoms with van der Waals surface area (Å²) in [4.78, 5) is 23.6. The second-order valence-corrected chi connectivity index (χ2v) is 7.45. The fourth-order valence-corrected chi connectivity index (χ4v) is 3.79. The molecule has 3 heterocycles. The summed E-state index contributed by atoms with van der Waals surface area (Å²) in [6.45, 7) is 3.50. The quantitative estimate of drug-likeness (QED) is 0.688.